The molecule has 0 saturated carbocycles. The first-order chi connectivity index (χ1) is 3.83. The van der Waals surface area contributed by atoms with Crippen LogP contribution in [0.5, 0.6) is 0 Å². The van der Waals surface area contributed by atoms with E-state index in [-0.39, 0.29) is 17.2 Å². The van der Waals surface area contributed by atoms with Crippen molar-refractivity contribution in [2.45, 2.75) is 0 Å². The Morgan fingerprint density at radius 1 is 1.88 bits per heavy atom. The van der Waals surface area contributed by atoms with Gasteiger partial charge in [-0.25, -0.2) is 0 Å². The quantitative estimate of drug-likeness (QED) is 0.545. The molecule has 0 saturated heterocycles. The second-order valence-corrected chi connectivity index (χ2v) is 5.63. The average Bonchev–Trinajstić information content (AvgIpc) is 2.14. The third-order valence-corrected chi connectivity index (χ3v) is 4.55. The summed E-state index contributed by atoms with van der Waals surface area (Å²) < 4.78 is 3.10. The summed E-state index contributed by atoms with van der Waals surface area (Å²) >= 11 is 2.57. The Morgan fingerprint density at radius 2 is 2.62 bits per heavy atom. The molecular weight excluding hydrogens is 330 g/mol. The zero-order valence-electron chi connectivity index (χ0n) is 4.31. The summed E-state index contributed by atoms with van der Waals surface area (Å²) in [5.41, 5.74) is 0. The maximum atomic E-state index is 4.19. The van der Waals surface area contributed by atoms with E-state index in [0.717, 1.165) is 0 Å². The van der Waals surface area contributed by atoms with E-state index >= 15 is 0 Å². The van der Waals surface area contributed by atoms with Crippen molar-refractivity contribution in [2.75, 3.05) is 0 Å². The maximum absolute atomic E-state index is 4.19. The molecule has 1 heterocycles. The van der Waals surface area contributed by atoms with Crippen LogP contribution in [0.15, 0.2) is 12.3 Å². The summed E-state index contributed by atoms with van der Waals surface area (Å²) in [6, 6.07) is 2.07. The van der Waals surface area contributed by atoms with Crippen LogP contribution in [0.4, 0.5) is 0 Å². The molecule has 0 radical (unpaired) electrons. The molecule has 1 aromatic rings. The molecule has 0 aliphatic rings. The second-order valence-electron chi connectivity index (χ2n) is 1.38. The fourth-order valence-corrected chi connectivity index (χ4v) is 2.60. The fraction of sp³-hybridized carbons (Fsp3) is 0.250. The third-order valence-electron chi connectivity index (χ3n) is 0.754. The van der Waals surface area contributed by atoms with Crippen LogP contribution in [0.25, 0.3) is 0 Å². The topological polar surface area (TPSA) is 17.8 Å². The number of hydrogen-bond donors (Lipinski definition) is 0. The molecule has 0 aliphatic heterocycles. The van der Waals surface area contributed by atoms with E-state index in [4.69, 9.17) is 0 Å². The van der Waals surface area contributed by atoms with E-state index in [2.05, 4.69) is 29.8 Å². The molecule has 0 bridgehead atoms. The second kappa shape index (κ2) is 3.00. The Labute approximate surface area is 68.1 Å². The molecule has 1 aromatic heterocycles. The Hall–Kier alpha value is 0.670. The third kappa shape index (κ3) is 1.57. The molecule has 2 nitrogen and oxygen atoms in total. The van der Waals surface area contributed by atoms with Gasteiger partial charge in [0.2, 0.25) is 0 Å². The van der Waals surface area contributed by atoms with Crippen molar-refractivity contribution in [3.63, 3.8) is 0 Å². The molecule has 46 valence electrons. The van der Waals surface area contributed by atoms with Gasteiger partial charge in [0.25, 0.3) is 0 Å². The zero-order chi connectivity index (χ0) is 5.98. The van der Waals surface area contributed by atoms with E-state index in [1.54, 1.807) is 0 Å². The van der Waals surface area contributed by atoms with Crippen LogP contribution < -0.4 is 17.2 Å². The number of halogens is 2. The molecule has 0 N–H and O–H groups in total. The van der Waals surface area contributed by atoms with Crippen molar-refractivity contribution in [1.29, 1.82) is 0 Å². The van der Waals surface area contributed by atoms with Gasteiger partial charge in [0, 0.05) is 0 Å². The number of hydrogen-bond acceptors (Lipinski definition) is 1. The normalized spacial score (nSPS) is 10.2. The number of aromatic nitrogens is 2. The predicted molar refractivity (Wildman–Crippen MR) is 35.9 cm³/mol. The summed E-state index contributed by atoms with van der Waals surface area (Å²) in [5.74, 6) is 0. The number of rotatable bonds is 1. The van der Waals surface area contributed by atoms with Gasteiger partial charge in [0.1, 0.15) is 0 Å². The van der Waals surface area contributed by atoms with Crippen LogP contribution in [-0.2, 0) is 7.05 Å². The van der Waals surface area contributed by atoms with Crippen molar-refractivity contribution in [2.24, 2.45) is 7.05 Å². The Balaban J connectivity index is 2.84. The molecule has 0 atom stereocenters. The van der Waals surface area contributed by atoms with E-state index in [1.807, 2.05) is 17.9 Å². The molecule has 0 unspecified atom stereocenters. The van der Waals surface area contributed by atoms with Gasteiger partial charge < -0.3 is 0 Å². The van der Waals surface area contributed by atoms with Crippen LogP contribution >= 0.6 is 18.6 Å². The Bertz CT molecular complexity index is 172. The number of aryl methyl sites for hydroxylation is 1. The molecule has 0 fully saturated rings. The summed E-state index contributed by atoms with van der Waals surface area (Å²) in [7, 11) is 1.94. The van der Waals surface area contributed by atoms with Gasteiger partial charge in [-0.05, 0) is 0 Å². The molecule has 8 heavy (non-hydrogen) atoms. The van der Waals surface area contributed by atoms with Gasteiger partial charge in [0.05, 0.1) is 0 Å². The number of nitrogens with zero attached hydrogens (tertiary/aromatic N) is 2. The van der Waals surface area contributed by atoms with E-state index in [0.29, 0.717) is 0 Å². The molecule has 0 aromatic carbocycles. The molecule has 4 heteroatoms. The van der Waals surface area contributed by atoms with Gasteiger partial charge >= 0.3 is 68.6 Å². The van der Waals surface area contributed by atoms with Gasteiger partial charge in [0.15, 0.2) is 0 Å². The summed E-state index contributed by atoms with van der Waals surface area (Å²) in [5, 5.41) is 4.19. The van der Waals surface area contributed by atoms with Crippen LogP contribution in [0.1, 0.15) is 0 Å². The van der Waals surface area contributed by atoms with E-state index in [1.165, 1.54) is 3.70 Å². The van der Waals surface area contributed by atoms with Crippen molar-refractivity contribution in [3.8, 4) is 0 Å². The van der Waals surface area contributed by atoms with Crippen molar-refractivity contribution in [3.05, 3.63) is 16.0 Å². The van der Waals surface area contributed by atoms with Gasteiger partial charge in [-0.15, -0.1) is 0 Å². The van der Waals surface area contributed by atoms with Crippen molar-refractivity contribution in [1.82, 2.24) is 9.78 Å². The predicted octanol–water partition coefficient (Wildman–Crippen LogP) is -1.97. The minimum absolute atomic E-state index is 0.168. The fourth-order valence-electron chi connectivity index (χ4n) is 0.425. The van der Waals surface area contributed by atoms with Crippen LogP contribution in [0, 0.1) is 3.70 Å². The molecular formula is C4H5I2N2-. The van der Waals surface area contributed by atoms with Crippen LogP contribution in [-0.4, -0.2) is 9.78 Å². The van der Waals surface area contributed by atoms with Crippen molar-refractivity contribution >= 4 is 18.6 Å². The summed E-state index contributed by atoms with van der Waals surface area (Å²) in [4.78, 5) is 0. The zero-order valence-corrected chi connectivity index (χ0v) is 8.62. The Morgan fingerprint density at radius 3 is 2.88 bits per heavy atom. The van der Waals surface area contributed by atoms with Crippen LogP contribution in [0.3, 0.4) is 0 Å². The Kier molecular flexibility index (Phi) is 2.54. The first-order valence-corrected chi connectivity index (χ1v) is 9.45. The van der Waals surface area contributed by atoms with Crippen molar-refractivity contribution < 1.29 is 17.2 Å². The van der Waals surface area contributed by atoms with E-state index in [9.17, 15) is 0 Å². The van der Waals surface area contributed by atoms with Gasteiger partial charge in [-0.1, -0.05) is 0 Å². The van der Waals surface area contributed by atoms with Gasteiger partial charge in [-0.2, -0.15) is 0 Å². The monoisotopic (exact) mass is 335 g/mol. The van der Waals surface area contributed by atoms with Crippen LogP contribution in [0.2, 0.25) is 0 Å². The summed E-state index contributed by atoms with van der Waals surface area (Å²) in [6.45, 7) is 0. The molecule has 0 spiro atoms. The summed E-state index contributed by atoms with van der Waals surface area (Å²) in [6.07, 6.45) is 1.98. The average molecular weight is 335 g/mol. The van der Waals surface area contributed by atoms with E-state index < -0.39 is 0 Å². The first-order valence-electron chi connectivity index (χ1n) is 2.08. The van der Waals surface area contributed by atoms with Gasteiger partial charge in [-0.3, -0.25) is 0 Å². The molecule has 0 amide bonds. The minimum atomic E-state index is 0.168. The SMILES string of the molecule is Cn1ccc([I-]I)n1. The molecule has 1 rings (SSSR count). The molecule has 0 aliphatic carbocycles. The first kappa shape index (κ1) is 6.79. The standard InChI is InChI=1S/C4H5I2N2/c1-8-3-2-4(6-5)7-8/h2-3H,1H3/q-1.